The standard InChI is InChI=1S/C19H21NO3/c21-18-7-3-16(4-8-18)15-1-5-17(6-2-15)19(13-23-14-19)20-9-11-22-12-10-20/h1-8,21H,9-14H2. The summed E-state index contributed by atoms with van der Waals surface area (Å²) in [6.07, 6.45) is 0. The van der Waals surface area contributed by atoms with Crippen LogP contribution in [0.2, 0.25) is 0 Å². The average Bonchev–Trinajstić information content (AvgIpc) is 2.56. The predicted molar refractivity (Wildman–Crippen MR) is 88.4 cm³/mol. The summed E-state index contributed by atoms with van der Waals surface area (Å²) >= 11 is 0. The molecule has 120 valence electrons. The van der Waals surface area contributed by atoms with E-state index < -0.39 is 0 Å². The number of morpholine rings is 1. The SMILES string of the molecule is Oc1ccc(-c2ccc(C3(N4CCOCC4)COC3)cc2)cc1. The largest absolute Gasteiger partial charge is 0.508 e. The van der Waals surface area contributed by atoms with Crippen molar-refractivity contribution in [3.63, 3.8) is 0 Å². The fourth-order valence-electron chi connectivity index (χ4n) is 3.45. The summed E-state index contributed by atoms with van der Waals surface area (Å²) in [7, 11) is 0. The summed E-state index contributed by atoms with van der Waals surface area (Å²) < 4.78 is 11.0. The molecule has 0 unspecified atom stereocenters. The molecule has 0 amide bonds. The lowest BCUT2D eigenvalue weighted by Gasteiger charge is -2.51. The van der Waals surface area contributed by atoms with Crippen LogP contribution in [-0.4, -0.2) is 49.5 Å². The number of hydrogen-bond donors (Lipinski definition) is 1. The molecule has 0 bridgehead atoms. The lowest BCUT2D eigenvalue weighted by atomic mass is 9.85. The molecule has 0 aliphatic carbocycles. The maximum Gasteiger partial charge on any atom is 0.115 e. The van der Waals surface area contributed by atoms with Crippen molar-refractivity contribution in [3.05, 3.63) is 54.1 Å². The molecule has 4 heteroatoms. The third-order valence-electron chi connectivity index (χ3n) is 4.92. The van der Waals surface area contributed by atoms with Crippen molar-refractivity contribution in [1.82, 2.24) is 4.90 Å². The van der Waals surface area contributed by atoms with Gasteiger partial charge in [-0.25, -0.2) is 0 Å². The lowest BCUT2D eigenvalue weighted by molar-refractivity contribution is -0.166. The molecule has 2 aromatic rings. The number of phenolic OH excluding ortho intramolecular Hbond substituents is 1. The molecule has 4 rings (SSSR count). The van der Waals surface area contributed by atoms with Crippen molar-refractivity contribution in [2.75, 3.05) is 39.5 Å². The first-order valence-electron chi connectivity index (χ1n) is 8.08. The van der Waals surface area contributed by atoms with Gasteiger partial charge in [-0.05, 0) is 28.8 Å². The molecule has 2 saturated heterocycles. The van der Waals surface area contributed by atoms with Gasteiger partial charge in [-0.1, -0.05) is 36.4 Å². The van der Waals surface area contributed by atoms with Crippen LogP contribution in [0.4, 0.5) is 0 Å². The molecule has 0 saturated carbocycles. The molecular weight excluding hydrogens is 290 g/mol. The molecule has 2 aliphatic rings. The number of rotatable bonds is 3. The minimum absolute atomic E-state index is 0.0112. The molecule has 1 N–H and O–H groups in total. The van der Waals surface area contributed by atoms with Gasteiger partial charge in [-0.3, -0.25) is 4.90 Å². The van der Waals surface area contributed by atoms with Gasteiger partial charge in [0, 0.05) is 13.1 Å². The number of phenols is 1. The van der Waals surface area contributed by atoms with E-state index in [2.05, 4.69) is 29.2 Å². The summed E-state index contributed by atoms with van der Waals surface area (Å²) in [5.74, 6) is 0.295. The van der Waals surface area contributed by atoms with Crippen molar-refractivity contribution in [3.8, 4) is 16.9 Å². The quantitative estimate of drug-likeness (QED) is 0.946. The summed E-state index contributed by atoms with van der Waals surface area (Å²) in [4.78, 5) is 2.50. The molecule has 0 aromatic heterocycles. The van der Waals surface area contributed by atoms with Crippen molar-refractivity contribution < 1.29 is 14.6 Å². The van der Waals surface area contributed by atoms with Gasteiger partial charge in [-0.2, -0.15) is 0 Å². The molecule has 0 radical (unpaired) electrons. The first-order valence-corrected chi connectivity index (χ1v) is 8.08. The van der Waals surface area contributed by atoms with Crippen molar-refractivity contribution in [2.45, 2.75) is 5.54 Å². The lowest BCUT2D eigenvalue weighted by Crippen LogP contribution is -2.62. The molecule has 2 fully saturated rings. The molecule has 23 heavy (non-hydrogen) atoms. The van der Waals surface area contributed by atoms with Crippen LogP contribution in [0.1, 0.15) is 5.56 Å². The zero-order valence-corrected chi connectivity index (χ0v) is 13.1. The Morgan fingerprint density at radius 1 is 0.783 bits per heavy atom. The highest BCUT2D eigenvalue weighted by Crippen LogP contribution is 2.37. The third-order valence-corrected chi connectivity index (χ3v) is 4.92. The Balaban J connectivity index is 1.60. The Kier molecular flexibility index (Phi) is 3.81. The number of ether oxygens (including phenoxy) is 2. The van der Waals surface area contributed by atoms with Gasteiger partial charge >= 0.3 is 0 Å². The van der Waals surface area contributed by atoms with Crippen LogP contribution >= 0.6 is 0 Å². The topological polar surface area (TPSA) is 41.9 Å². The van der Waals surface area contributed by atoms with Crippen LogP contribution in [0, 0.1) is 0 Å². The van der Waals surface area contributed by atoms with Gasteiger partial charge in [0.05, 0.1) is 32.0 Å². The Hall–Kier alpha value is -1.88. The zero-order chi connectivity index (χ0) is 15.7. The van der Waals surface area contributed by atoms with Crippen molar-refractivity contribution >= 4 is 0 Å². The van der Waals surface area contributed by atoms with Crippen LogP contribution in [-0.2, 0) is 15.0 Å². The zero-order valence-electron chi connectivity index (χ0n) is 13.1. The average molecular weight is 311 g/mol. The van der Waals surface area contributed by atoms with E-state index >= 15 is 0 Å². The van der Waals surface area contributed by atoms with E-state index in [1.54, 1.807) is 12.1 Å². The van der Waals surface area contributed by atoms with Crippen LogP contribution in [0.5, 0.6) is 5.75 Å². The van der Waals surface area contributed by atoms with Gasteiger partial charge in [0.2, 0.25) is 0 Å². The van der Waals surface area contributed by atoms with Crippen LogP contribution in [0.3, 0.4) is 0 Å². The van der Waals surface area contributed by atoms with Crippen molar-refractivity contribution in [1.29, 1.82) is 0 Å². The first-order chi connectivity index (χ1) is 11.3. The number of nitrogens with zero attached hydrogens (tertiary/aromatic N) is 1. The normalized spacial score (nSPS) is 20.9. The van der Waals surface area contributed by atoms with Crippen molar-refractivity contribution in [2.24, 2.45) is 0 Å². The van der Waals surface area contributed by atoms with E-state index in [4.69, 9.17) is 9.47 Å². The molecular formula is C19H21NO3. The monoisotopic (exact) mass is 311 g/mol. The summed E-state index contributed by atoms with van der Waals surface area (Å²) in [5, 5.41) is 9.41. The second-order valence-corrected chi connectivity index (χ2v) is 6.25. The van der Waals surface area contributed by atoms with E-state index in [1.807, 2.05) is 12.1 Å². The Bertz CT molecular complexity index is 656. The summed E-state index contributed by atoms with van der Waals surface area (Å²) in [5.41, 5.74) is 3.59. The Morgan fingerprint density at radius 2 is 1.35 bits per heavy atom. The maximum absolute atomic E-state index is 9.41. The Morgan fingerprint density at radius 3 is 1.87 bits per heavy atom. The number of benzene rings is 2. The molecule has 4 nitrogen and oxygen atoms in total. The summed E-state index contributed by atoms with van der Waals surface area (Å²) in [6, 6.07) is 16.0. The van der Waals surface area contributed by atoms with Crippen LogP contribution < -0.4 is 0 Å². The number of hydrogen-bond acceptors (Lipinski definition) is 4. The van der Waals surface area contributed by atoms with E-state index in [9.17, 15) is 5.11 Å². The van der Waals surface area contributed by atoms with Gasteiger partial charge in [0.15, 0.2) is 0 Å². The number of aromatic hydroxyl groups is 1. The maximum atomic E-state index is 9.41. The fraction of sp³-hybridized carbons (Fsp3) is 0.368. The first kappa shape index (κ1) is 14.7. The summed E-state index contributed by atoms with van der Waals surface area (Å²) in [6.45, 7) is 5.03. The molecule has 0 atom stereocenters. The fourth-order valence-corrected chi connectivity index (χ4v) is 3.45. The van der Waals surface area contributed by atoms with E-state index in [-0.39, 0.29) is 5.54 Å². The highest BCUT2D eigenvalue weighted by atomic mass is 16.5. The second-order valence-electron chi connectivity index (χ2n) is 6.25. The van der Waals surface area contributed by atoms with Crippen LogP contribution in [0.25, 0.3) is 11.1 Å². The van der Waals surface area contributed by atoms with Gasteiger partial charge in [0.1, 0.15) is 5.75 Å². The minimum Gasteiger partial charge on any atom is -0.508 e. The molecule has 2 aliphatic heterocycles. The van der Waals surface area contributed by atoms with Gasteiger partial charge < -0.3 is 14.6 Å². The van der Waals surface area contributed by atoms with E-state index in [0.717, 1.165) is 50.6 Å². The Labute approximate surface area is 136 Å². The van der Waals surface area contributed by atoms with E-state index in [0.29, 0.717) is 5.75 Å². The minimum atomic E-state index is 0.0112. The highest BCUT2D eigenvalue weighted by molar-refractivity contribution is 5.64. The predicted octanol–water partition coefficient (Wildman–Crippen LogP) is 2.62. The highest BCUT2D eigenvalue weighted by Gasteiger charge is 2.45. The third kappa shape index (κ3) is 2.63. The second kappa shape index (κ2) is 5.96. The van der Waals surface area contributed by atoms with Gasteiger partial charge in [-0.15, -0.1) is 0 Å². The van der Waals surface area contributed by atoms with Gasteiger partial charge in [0.25, 0.3) is 0 Å². The van der Waals surface area contributed by atoms with E-state index in [1.165, 1.54) is 5.56 Å². The molecule has 2 heterocycles. The molecule has 0 spiro atoms. The smallest absolute Gasteiger partial charge is 0.115 e. The van der Waals surface area contributed by atoms with Crippen LogP contribution in [0.15, 0.2) is 48.5 Å². The molecule has 2 aromatic carbocycles.